The van der Waals surface area contributed by atoms with Gasteiger partial charge in [0.15, 0.2) is 0 Å². The molecule has 1 aliphatic carbocycles. The molecule has 0 N–H and O–H groups in total. The number of ketones is 1. The van der Waals surface area contributed by atoms with Crippen molar-refractivity contribution < 1.29 is 4.79 Å². The van der Waals surface area contributed by atoms with Gasteiger partial charge >= 0.3 is 0 Å². The molecule has 1 aliphatic rings. The van der Waals surface area contributed by atoms with Crippen LogP contribution in [0.4, 0.5) is 0 Å². The van der Waals surface area contributed by atoms with Gasteiger partial charge in [0.2, 0.25) is 0 Å². The molecule has 0 radical (unpaired) electrons. The van der Waals surface area contributed by atoms with Crippen LogP contribution in [0.25, 0.3) is 0 Å². The highest BCUT2D eigenvalue weighted by atomic mass is 35.5. The van der Waals surface area contributed by atoms with Gasteiger partial charge in [-0.3, -0.25) is 4.79 Å². The molecule has 108 valence electrons. The molecule has 3 rings (SSSR count). The van der Waals surface area contributed by atoms with Crippen molar-refractivity contribution in [1.82, 2.24) is 0 Å². The lowest BCUT2D eigenvalue weighted by atomic mass is 9.80. The zero-order valence-corrected chi connectivity index (χ0v) is 12.8. The quantitative estimate of drug-likeness (QED) is 0.779. The van der Waals surface area contributed by atoms with Crippen LogP contribution >= 0.6 is 11.6 Å². The molecule has 0 spiro atoms. The molecule has 0 aromatic heterocycles. The summed E-state index contributed by atoms with van der Waals surface area (Å²) in [7, 11) is 0. The van der Waals surface area contributed by atoms with Gasteiger partial charge in [-0.2, -0.15) is 0 Å². The van der Waals surface area contributed by atoms with Crippen molar-refractivity contribution in [2.45, 2.75) is 38.0 Å². The third-order valence-corrected chi connectivity index (χ3v) is 4.49. The zero-order valence-electron chi connectivity index (χ0n) is 12.0. The second-order valence-electron chi connectivity index (χ2n) is 5.84. The Bertz CT molecular complexity index is 648. The van der Waals surface area contributed by atoms with Crippen LogP contribution < -0.4 is 0 Å². The van der Waals surface area contributed by atoms with E-state index in [9.17, 15) is 4.79 Å². The van der Waals surface area contributed by atoms with Gasteiger partial charge in [-0.1, -0.05) is 48.0 Å². The standard InChI is InChI=1S/C19H19ClO/c20-17-9-3-5-14(11-17)12-18(21)13-16-8-4-7-15-6-1-2-10-19(15)16/h1-3,5-6,9-11,16H,4,7-8,12-13H2. The maximum absolute atomic E-state index is 12.4. The third kappa shape index (κ3) is 3.54. The first-order valence-electron chi connectivity index (χ1n) is 7.56. The van der Waals surface area contributed by atoms with Gasteiger partial charge in [0.1, 0.15) is 5.78 Å². The summed E-state index contributed by atoms with van der Waals surface area (Å²) in [5.41, 5.74) is 3.81. The Morgan fingerprint density at radius 3 is 2.86 bits per heavy atom. The zero-order chi connectivity index (χ0) is 14.7. The van der Waals surface area contributed by atoms with E-state index in [0.717, 1.165) is 18.4 Å². The van der Waals surface area contributed by atoms with Crippen LogP contribution in [0.5, 0.6) is 0 Å². The Morgan fingerprint density at radius 2 is 2.00 bits per heavy atom. The Balaban J connectivity index is 1.68. The average Bonchev–Trinajstić information content (AvgIpc) is 2.47. The van der Waals surface area contributed by atoms with Crippen LogP contribution in [0.3, 0.4) is 0 Å². The van der Waals surface area contributed by atoms with Gasteiger partial charge in [0.25, 0.3) is 0 Å². The maximum Gasteiger partial charge on any atom is 0.137 e. The van der Waals surface area contributed by atoms with Gasteiger partial charge in [-0.15, -0.1) is 0 Å². The fourth-order valence-electron chi connectivity index (χ4n) is 3.29. The summed E-state index contributed by atoms with van der Waals surface area (Å²) >= 11 is 5.98. The van der Waals surface area contributed by atoms with Crippen molar-refractivity contribution in [3.63, 3.8) is 0 Å². The lowest BCUT2D eigenvalue weighted by molar-refractivity contribution is -0.118. The van der Waals surface area contributed by atoms with Crippen molar-refractivity contribution >= 4 is 17.4 Å². The number of hydrogen-bond donors (Lipinski definition) is 0. The third-order valence-electron chi connectivity index (χ3n) is 4.26. The minimum Gasteiger partial charge on any atom is -0.299 e. The van der Waals surface area contributed by atoms with Crippen LogP contribution in [0.1, 0.15) is 41.9 Å². The predicted molar refractivity (Wildman–Crippen MR) is 86.9 cm³/mol. The van der Waals surface area contributed by atoms with Crippen LogP contribution in [-0.4, -0.2) is 5.78 Å². The normalized spacial score (nSPS) is 17.3. The highest BCUT2D eigenvalue weighted by molar-refractivity contribution is 6.30. The van der Waals surface area contributed by atoms with Crippen LogP contribution in [0, 0.1) is 0 Å². The lowest BCUT2D eigenvalue weighted by Gasteiger charge is -2.25. The molecule has 1 atom stereocenters. The van der Waals surface area contributed by atoms with Gasteiger partial charge in [0, 0.05) is 17.9 Å². The summed E-state index contributed by atoms with van der Waals surface area (Å²) in [6.45, 7) is 0. The van der Waals surface area contributed by atoms with Gasteiger partial charge in [-0.25, -0.2) is 0 Å². The van der Waals surface area contributed by atoms with Gasteiger partial charge in [-0.05, 0) is 54.0 Å². The minimum absolute atomic E-state index is 0.305. The SMILES string of the molecule is O=C(Cc1cccc(Cl)c1)CC1CCCc2ccccc21. The van der Waals surface area contributed by atoms with E-state index >= 15 is 0 Å². The van der Waals surface area contributed by atoms with E-state index in [1.807, 2.05) is 24.3 Å². The van der Waals surface area contributed by atoms with Crippen molar-refractivity contribution in [1.29, 1.82) is 0 Å². The summed E-state index contributed by atoms with van der Waals surface area (Å²) in [6.07, 6.45) is 4.59. The molecule has 0 heterocycles. The molecule has 0 amide bonds. The monoisotopic (exact) mass is 298 g/mol. The van der Waals surface area contributed by atoms with Gasteiger partial charge in [0.05, 0.1) is 0 Å². The molecule has 0 aliphatic heterocycles. The van der Waals surface area contributed by atoms with Crippen molar-refractivity contribution in [2.75, 3.05) is 0 Å². The highest BCUT2D eigenvalue weighted by Gasteiger charge is 2.22. The first-order valence-corrected chi connectivity index (χ1v) is 7.94. The number of carbonyl (C=O) groups is 1. The number of rotatable bonds is 4. The number of halogens is 1. The van der Waals surface area contributed by atoms with E-state index in [0.29, 0.717) is 29.6 Å². The second kappa shape index (κ2) is 6.44. The molecule has 0 bridgehead atoms. The summed E-state index contributed by atoms with van der Waals surface area (Å²) in [4.78, 5) is 12.4. The van der Waals surface area contributed by atoms with E-state index in [4.69, 9.17) is 11.6 Å². The molecule has 21 heavy (non-hydrogen) atoms. The number of carbonyl (C=O) groups excluding carboxylic acids is 1. The van der Waals surface area contributed by atoms with Crippen LogP contribution in [0.15, 0.2) is 48.5 Å². The van der Waals surface area contributed by atoms with E-state index in [1.54, 1.807) is 0 Å². The average molecular weight is 299 g/mol. The summed E-state index contributed by atoms with van der Waals surface area (Å²) in [5.74, 6) is 0.695. The fraction of sp³-hybridized carbons (Fsp3) is 0.316. The molecule has 0 saturated carbocycles. The number of fused-ring (bicyclic) bond motifs is 1. The van der Waals surface area contributed by atoms with E-state index < -0.39 is 0 Å². The summed E-state index contributed by atoms with van der Waals surface area (Å²) in [6, 6.07) is 16.2. The van der Waals surface area contributed by atoms with Crippen LogP contribution in [-0.2, 0) is 17.6 Å². The molecule has 1 unspecified atom stereocenters. The molecule has 0 saturated heterocycles. The van der Waals surface area contributed by atoms with E-state index in [2.05, 4.69) is 24.3 Å². The Hall–Kier alpha value is -1.60. The number of aryl methyl sites for hydroxylation is 1. The summed E-state index contributed by atoms with van der Waals surface area (Å²) < 4.78 is 0. The molecule has 2 aromatic carbocycles. The number of Topliss-reactive ketones (excluding diaryl/α,β-unsaturated/α-hetero) is 1. The Morgan fingerprint density at radius 1 is 1.14 bits per heavy atom. The van der Waals surface area contributed by atoms with Gasteiger partial charge < -0.3 is 0 Å². The smallest absolute Gasteiger partial charge is 0.137 e. The fourth-order valence-corrected chi connectivity index (χ4v) is 3.50. The predicted octanol–water partition coefficient (Wildman–Crippen LogP) is 4.96. The maximum atomic E-state index is 12.4. The van der Waals surface area contributed by atoms with Crippen molar-refractivity contribution in [3.8, 4) is 0 Å². The lowest BCUT2D eigenvalue weighted by Crippen LogP contribution is -2.15. The molecular weight excluding hydrogens is 280 g/mol. The summed E-state index contributed by atoms with van der Waals surface area (Å²) in [5, 5.41) is 0.698. The number of benzene rings is 2. The molecular formula is C19H19ClO. The first kappa shape index (κ1) is 14.3. The molecule has 2 heteroatoms. The molecule has 1 nitrogen and oxygen atoms in total. The van der Waals surface area contributed by atoms with Crippen LogP contribution in [0.2, 0.25) is 5.02 Å². The topological polar surface area (TPSA) is 17.1 Å². The molecule has 0 fully saturated rings. The first-order chi connectivity index (χ1) is 10.2. The van der Waals surface area contributed by atoms with Crippen molar-refractivity contribution in [2.24, 2.45) is 0 Å². The largest absolute Gasteiger partial charge is 0.299 e. The number of hydrogen-bond acceptors (Lipinski definition) is 1. The highest BCUT2D eigenvalue weighted by Crippen LogP contribution is 2.34. The minimum atomic E-state index is 0.305. The van der Waals surface area contributed by atoms with E-state index in [1.165, 1.54) is 17.5 Å². The second-order valence-corrected chi connectivity index (χ2v) is 6.27. The van der Waals surface area contributed by atoms with Crippen molar-refractivity contribution in [3.05, 3.63) is 70.2 Å². The Kier molecular flexibility index (Phi) is 4.40. The Labute approximate surface area is 131 Å². The van der Waals surface area contributed by atoms with E-state index in [-0.39, 0.29) is 0 Å². The molecule has 2 aromatic rings.